The van der Waals surface area contributed by atoms with Crippen LogP contribution in [0.5, 0.6) is 0 Å². The molecule has 0 radical (unpaired) electrons. The summed E-state index contributed by atoms with van der Waals surface area (Å²) in [6.45, 7) is 1.28. The molecule has 0 bridgehead atoms. The Morgan fingerprint density at radius 3 is 2.39 bits per heavy atom. The van der Waals surface area contributed by atoms with E-state index in [1.54, 1.807) is 0 Å². The topological polar surface area (TPSA) is 91.2 Å². The molecule has 2 atom stereocenters. The highest BCUT2D eigenvalue weighted by molar-refractivity contribution is 6.02. The number of carbonyl (C=O) groups excluding carboxylic acids is 1. The van der Waals surface area contributed by atoms with Gasteiger partial charge < -0.3 is 16.4 Å². The van der Waals surface area contributed by atoms with Gasteiger partial charge in [-0.3, -0.25) is 15.4 Å². The van der Waals surface area contributed by atoms with Crippen molar-refractivity contribution in [2.75, 3.05) is 18.4 Å². The maximum absolute atomic E-state index is 12.7. The molecule has 2 unspecified atom stereocenters. The van der Waals surface area contributed by atoms with Gasteiger partial charge in [0, 0.05) is 36.6 Å². The fourth-order valence-corrected chi connectivity index (χ4v) is 5.52. The van der Waals surface area contributed by atoms with Crippen LogP contribution in [0.4, 0.5) is 5.69 Å². The number of nitrogens with two attached hydrogens (primary N) is 1. The summed E-state index contributed by atoms with van der Waals surface area (Å²) < 4.78 is 0. The van der Waals surface area contributed by atoms with Crippen molar-refractivity contribution >= 4 is 22.4 Å². The average Bonchev–Trinajstić information content (AvgIpc) is 2.83. The van der Waals surface area contributed by atoms with E-state index < -0.39 is 0 Å². The van der Waals surface area contributed by atoms with Crippen molar-refractivity contribution in [2.24, 2.45) is 5.73 Å². The summed E-state index contributed by atoms with van der Waals surface area (Å²) in [5.74, 6) is 0.0385. The lowest BCUT2D eigenvalue weighted by Gasteiger charge is -2.48. The summed E-state index contributed by atoms with van der Waals surface area (Å²) >= 11 is 0. The van der Waals surface area contributed by atoms with Crippen LogP contribution in [0.3, 0.4) is 0 Å². The Morgan fingerprint density at radius 2 is 1.64 bits per heavy atom. The van der Waals surface area contributed by atoms with Gasteiger partial charge in [-0.25, -0.2) is 0 Å². The summed E-state index contributed by atoms with van der Waals surface area (Å²) in [5, 5.41) is 16.7. The highest BCUT2D eigenvalue weighted by Gasteiger charge is 2.38. The van der Waals surface area contributed by atoms with Crippen LogP contribution < -0.4 is 27.0 Å². The van der Waals surface area contributed by atoms with E-state index in [2.05, 4.69) is 33.4 Å². The number of benzene rings is 2. The SMILES string of the molecule is NCC1CC(NCCC(=O)Nc2cccc3ccccc23)NC2(CCCCCCCCC2)N1. The van der Waals surface area contributed by atoms with Crippen LogP contribution in [0.1, 0.15) is 70.6 Å². The molecule has 6 nitrogen and oxygen atoms in total. The Bertz CT molecular complexity index is 886. The van der Waals surface area contributed by atoms with Crippen LogP contribution in [0.25, 0.3) is 10.8 Å². The lowest BCUT2D eigenvalue weighted by atomic mass is 9.88. The zero-order chi connectivity index (χ0) is 22.9. The molecule has 4 rings (SSSR count). The maximum Gasteiger partial charge on any atom is 0.225 e. The molecular formula is C27H41N5O. The molecule has 33 heavy (non-hydrogen) atoms. The standard InChI is InChI=1S/C27H41N5O/c28-20-22-19-25(32-27(31-22)16-8-4-2-1-3-5-9-17-27)29-18-15-26(33)30-24-14-10-12-21-11-6-7-13-23(21)24/h6-7,10-14,22,25,29,31-32H,1-5,8-9,15-20,28H2,(H,30,33). The molecule has 1 spiro atoms. The zero-order valence-electron chi connectivity index (χ0n) is 19.9. The Morgan fingerprint density at radius 1 is 0.939 bits per heavy atom. The third-order valence-electron chi connectivity index (χ3n) is 7.25. The first-order chi connectivity index (χ1) is 16.2. The van der Waals surface area contributed by atoms with Gasteiger partial charge in [0.25, 0.3) is 0 Å². The number of carbonyl (C=O) groups is 1. The van der Waals surface area contributed by atoms with Crippen LogP contribution in [0, 0.1) is 0 Å². The molecule has 2 aliphatic rings. The molecule has 1 saturated carbocycles. The summed E-state index contributed by atoms with van der Waals surface area (Å²) in [5.41, 5.74) is 6.94. The van der Waals surface area contributed by atoms with Gasteiger partial charge in [0.05, 0.1) is 11.8 Å². The molecular weight excluding hydrogens is 410 g/mol. The summed E-state index contributed by atoms with van der Waals surface area (Å²) in [6, 6.07) is 14.5. The molecule has 6 heteroatoms. The zero-order valence-corrected chi connectivity index (χ0v) is 19.9. The predicted octanol–water partition coefficient (Wildman–Crippen LogP) is 4.22. The monoisotopic (exact) mass is 451 g/mol. The van der Waals surface area contributed by atoms with Crippen LogP contribution in [0.2, 0.25) is 0 Å². The number of hydrogen-bond donors (Lipinski definition) is 5. The first kappa shape index (κ1) is 24.1. The van der Waals surface area contributed by atoms with Crippen LogP contribution >= 0.6 is 0 Å². The molecule has 1 amide bonds. The normalized spacial score (nSPS) is 23.9. The van der Waals surface area contributed by atoms with Gasteiger partial charge in [0.2, 0.25) is 5.91 Å². The molecule has 1 aliphatic carbocycles. The second-order valence-electron chi connectivity index (χ2n) is 9.85. The molecule has 2 aromatic carbocycles. The number of nitrogens with one attached hydrogen (secondary N) is 4. The maximum atomic E-state index is 12.7. The number of fused-ring (bicyclic) bond motifs is 1. The van der Waals surface area contributed by atoms with Gasteiger partial charge >= 0.3 is 0 Å². The second kappa shape index (κ2) is 11.9. The Labute approximate surface area is 198 Å². The molecule has 180 valence electrons. The Balaban J connectivity index is 1.31. The van der Waals surface area contributed by atoms with Gasteiger partial charge in [-0.1, -0.05) is 81.3 Å². The molecule has 1 saturated heterocycles. The lowest BCUT2D eigenvalue weighted by molar-refractivity contribution is -0.116. The lowest BCUT2D eigenvalue weighted by Crippen LogP contribution is -2.71. The minimum Gasteiger partial charge on any atom is -0.329 e. The van der Waals surface area contributed by atoms with Gasteiger partial charge in [0.1, 0.15) is 0 Å². The number of hydrogen-bond acceptors (Lipinski definition) is 5. The molecule has 2 aromatic rings. The van der Waals surface area contributed by atoms with Crippen molar-refractivity contribution in [3.05, 3.63) is 42.5 Å². The highest BCUT2D eigenvalue weighted by atomic mass is 16.1. The van der Waals surface area contributed by atoms with E-state index in [1.165, 1.54) is 44.9 Å². The van der Waals surface area contributed by atoms with E-state index in [4.69, 9.17) is 5.73 Å². The van der Waals surface area contributed by atoms with E-state index in [-0.39, 0.29) is 17.7 Å². The number of amides is 1. The fourth-order valence-electron chi connectivity index (χ4n) is 5.52. The van der Waals surface area contributed by atoms with Crippen LogP contribution in [0.15, 0.2) is 42.5 Å². The minimum absolute atomic E-state index is 0.0385. The summed E-state index contributed by atoms with van der Waals surface area (Å²) in [6.07, 6.45) is 13.0. The smallest absolute Gasteiger partial charge is 0.225 e. The molecule has 1 heterocycles. The molecule has 2 fully saturated rings. The van der Waals surface area contributed by atoms with Gasteiger partial charge in [-0.15, -0.1) is 0 Å². The quantitative estimate of drug-likeness (QED) is 0.454. The van der Waals surface area contributed by atoms with Crippen molar-refractivity contribution in [2.45, 2.75) is 88.5 Å². The van der Waals surface area contributed by atoms with E-state index in [1.807, 2.05) is 30.3 Å². The van der Waals surface area contributed by atoms with Crippen molar-refractivity contribution in [1.82, 2.24) is 16.0 Å². The van der Waals surface area contributed by atoms with E-state index in [9.17, 15) is 4.79 Å². The largest absolute Gasteiger partial charge is 0.329 e. The third kappa shape index (κ3) is 6.76. The fraction of sp³-hybridized carbons (Fsp3) is 0.593. The molecule has 0 aromatic heterocycles. The van der Waals surface area contributed by atoms with Gasteiger partial charge in [-0.2, -0.15) is 0 Å². The van der Waals surface area contributed by atoms with Crippen LogP contribution in [-0.2, 0) is 4.79 Å². The van der Waals surface area contributed by atoms with Crippen molar-refractivity contribution < 1.29 is 4.79 Å². The minimum atomic E-state index is -0.0392. The summed E-state index contributed by atoms with van der Waals surface area (Å²) in [4.78, 5) is 12.7. The Kier molecular flexibility index (Phi) is 8.73. The highest BCUT2D eigenvalue weighted by Crippen LogP contribution is 2.27. The van der Waals surface area contributed by atoms with Crippen molar-refractivity contribution in [3.8, 4) is 0 Å². The molecule has 6 N–H and O–H groups in total. The second-order valence-corrected chi connectivity index (χ2v) is 9.85. The average molecular weight is 452 g/mol. The van der Waals surface area contributed by atoms with Crippen LogP contribution in [-0.4, -0.2) is 36.9 Å². The van der Waals surface area contributed by atoms with Gasteiger partial charge in [0.15, 0.2) is 0 Å². The van der Waals surface area contributed by atoms with Gasteiger partial charge in [-0.05, 0) is 30.7 Å². The van der Waals surface area contributed by atoms with E-state index >= 15 is 0 Å². The first-order valence-electron chi connectivity index (χ1n) is 12.9. The number of anilines is 1. The summed E-state index contributed by atoms with van der Waals surface area (Å²) in [7, 11) is 0. The first-order valence-corrected chi connectivity index (χ1v) is 12.9. The third-order valence-corrected chi connectivity index (χ3v) is 7.25. The van der Waals surface area contributed by atoms with Crippen molar-refractivity contribution in [3.63, 3.8) is 0 Å². The number of rotatable bonds is 6. The van der Waals surface area contributed by atoms with Crippen molar-refractivity contribution in [1.29, 1.82) is 0 Å². The van der Waals surface area contributed by atoms with E-state index in [0.717, 1.165) is 35.7 Å². The predicted molar refractivity (Wildman–Crippen MR) is 137 cm³/mol. The molecule has 1 aliphatic heterocycles. The Hall–Kier alpha value is -1.99. The van der Waals surface area contributed by atoms with E-state index in [0.29, 0.717) is 25.6 Å².